The Morgan fingerprint density at radius 1 is 1.12 bits per heavy atom. The fourth-order valence-corrected chi connectivity index (χ4v) is 4.90. The maximum Gasteiger partial charge on any atom is 0.253 e. The number of carbonyl (C=O) groups is 1. The fourth-order valence-electron chi connectivity index (χ4n) is 3.99. The van der Waals surface area contributed by atoms with E-state index in [2.05, 4.69) is 21.3 Å². The van der Waals surface area contributed by atoms with Crippen molar-refractivity contribution in [3.05, 3.63) is 87.2 Å². The van der Waals surface area contributed by atoms with E-state index in [1.165, 1.54) is 0 Å². The summed E-state index contributed by atoms with van der Waals surface area (Å²) >= 11 is 5.10. The van der Waals surface area contributed by atoms with Gasteiger partial charge >= 0.3 is 0 Å². The van der Waals surface area contributed by atoms with Gasteiger partial charge in [0.1, 0.15) is 11.8 Å². The Kier molecular flexibility index (Phi) is 6.05. The molecule has 1 saturated heterocycles. The van der Waals surface area contributed by atoms with E-state index >= 15 is 0 Å². The van der Waals surface area contributed by atoms with Gasteiger partial charge in [0, 0.05) is 39.4 Å². The number of nitrogens with zero attached hydrogens (tertiary/aromatic N) is 3. The van der Waals surface area contributed by atoms with Crippen molar-refractivity contribution in [2.45, 2.75) is 25.7 Å². The number of rotatable bonds is 6. The fraction of sp³-hybridized carbons (Fsp3) is 0.200. The van der Waals surface area contributed by atoms with Gasteiger partial charge < -0.3 is 15.4 Å². The SMILES string of the molecule is C[C@@H]1O[C@@H](c2cn(-c3ccc(Br)cc3)nc2-c2ccsc2)N(CCc2ccc(N)cc2)C1=O. The van der Waals surface area contributed by atoms with E-state index in [4.69, 9.17) is 15.6 Å². The molecule has 2 aromatic carbocycles. The van der Waals surface area contributed by atoms with Crippen LogP contribution in [0.15, 0.2) is 76.0 Å². The number of carbonyl (C=O) groups excluding carboxylic acids is 1. The van der Waals surface area contributed by atoms with Gasteiger partial charge in [-0.1, -0.05) is 28.1 Å². The number of thiophene rings is 1. The molecule has 2 N–H and O–H groups in total. The quantitative estimate of drug-likeness (QED) is 0.342. The molecule has 0 bridgehead atoms. The molecule has 1 aliphatic rings. The maximum absolute atomic E-state index is 13.0. The van der Waals surface area contributed by atoms with Crippen LogP contribution in [0.3, 0.4) is 0 Å². The van der Waals surface area contributed by atoms with Crippen LogP contribution in [0.1, 0.15) is 24.3 Å². The first-order valence-corrected chi connectivity index (χ1v) is 12.4. The summed E-state index contributed by atoms with van der Waals surface area (Å²) in [6, 6.07) is 17.8. The largest absolute Gasteiger partial charge is 0.399 e. The van der Waals surface area contributed by atoms with E-state index in [-0.39, 0.29) is 5.91 Å². The summed E-state index contributed by atoms with van der Waals surface area (Å²) in [5, 5.41) is 8.98. The first-order valence-electron chi connectivity index (χ1n) is 10.7. The van der Waals surface area contributed by atoms with Crippen molar-refractivity contribution in [3.63, 3.8) is 0 Å². The van der Waals surface area contributed by atoms with Crippen molar-refractivity contribution < 1.29 is 9.53 Å². The molecule has 0 spiro atoms. The Balaban J connectivity index is 1.50. The summed E-state index contributed by atoms with van der Waals surface area (Å²) in [5.74, 6) is -0.0110. The molecule has 1 aliphatic heterocycles. The summed E-state index contributed by atoms with van der Waals surface area (Å²) in [7, 11) is 0. The molecule has 5 rings (SSSR count). The molecule has 6 nitrogen and oxygen atoms in total. The molecule has 2 atom stereocenters. The standard InChI is InChI=1S/C25H23BrN4O2S/c1-16-24(31)29(12-10-17-2-6-20(27)7-3-17)25(32-16)22-14-30(21-8-4-19(26)5-9-21)28-23(22)18-11-13-33-15-18/h2-9,11,13-16,25H,10,12,27H2,1H3/t16-,25-/m0/s1. The van der Waals surface area contributed by atoms with Crippen LogP contribution in [-0.2, 0) is 16.0 Å². The van der Waals surface area contributed by atoms with E-state index in [1.54, 1.807) is 11.3 Å². The Morgan fingerprint density at radius 3 is 2.58 bits per heavy atom. The number of amides is 1. The Bertz CT molecular complexity index is 1250. The van der Waals surface area contributed by atoms with E-state index in [0.29, 0.717) is 13.0 Å². The van der Waals surface area contributed by atoms with Crippen LogP contribution < -0.4 is 5.73 Å². The first-order chi connectivity index (χ1) is 16.0. The highest BCUT2D eigenvalue weighted by Gasteiger charge is 2.40. The number of anilines is 1. The van der Waals surface area contributed by atoms with Crippen molar-refractivity contribution in [3.8, 4) is 16.9 Å². The molecule has 33 heavy (non-hydrogen) atoms. The molecule has 0 unspecified atom stereocenters. The number of hydrogen-bond donors (Lipinski definition) is 1. The summed E-state index contributed by atoms with van der Waals surface area (Å²) in [5.41, 5.74) is 11.3. The number of nitrogen functional groups attached to an aromatic ring is 1. The smallest absolute Gasteiger partial charge is 0.253 e. The molecular weight excluding hydrogens is 500 g/mol. The predicted molar refractivity (Wildman–Crippen MR) is 134 cm³/mol. The lowest BCUT2D eigenvalue weighted by Crippen LogP contribution is -2.32. The van der Waals surface area contributed by atoms with Gasteiger partial charge in [-0.2, -0.15) is 16.4 Å². The predicted octanol–water partition coefficient (Wildman–Crippen LogP) is 5.43. The van der Waals surface area contributed by atoms with Crippen LogP contribution in [0.25, 0.3) is 16.9 Å². The minimum atomic E-state index is -0.507. The van der Waals surface area contributed by atoms with Crippen molar-refractivity contribution in [1.82, 2.24) is 14.7 Å². The highest BCUT2D eigenvalue weighted by molar-refractivity contribution is 9.10. The Labute approximate surface area is 204 Å². The summed E-state index contributed by atoms with van der Waals surface area (Å²) in [6.45, 7) is 2.35. The van der Waals surface area contributed by atoms with Crippen molar-refractivity contribution in [2.75, 3.05) is 12.3 Å². The zero-order valence-corrected chi connectivity index (χ0v) is 20.4. The highest BCUT2D eigenvalue weighted by atomic mass is 79.9. The topological polar surface area (TPSA) is 73.4 Å². The van der Waals surface area contributed by atoms with Crippen molar-refractivity contribution in [2.24, 2.45) is 0 Å². The summed E-state index contributed by atoms with van der Waals surface area (Å²) < 4.78 is 9.04. The minimum Gasteiger partial charge on any atom is -0.399 e. The molecular formula is C25H23BrN4O2S. The number of benzene rings is 2. The number of nitrogens with two attached hydrogens (primary N) is 1. The van der Waals surface area contributed by atoms with Crippen LogP contribution in [0.5, 0.6) is 0 Å². The molecule has 8 heteroatoms. The summed E-state index contributed by atoms with van der Waals surface area (Å²) in [6.07, 6.45) is 1.68. The average molecular weight is 523 g/mol. The van der Waals surface area contributed by atoms with Crippen LogP contribution in [0.2, 0.25) is 0 Å². The maximum atomic E-state index is 13.0. The molecule has 4 aromatic rings. The van der Waals surface area contributed by atoms with E-state index in [9.17, 15) is 4.79 Å². The molecule has 168 valence electrons. The minimum absolute atomic E-state index is 0.0110. The third-order valence-electron chi connectivity index (χ3n) is 5.76. The van der Waals surface area contributed by atoms with Gasteiger partial charge in [0.15, 0.2) is 6.23 Å². The van der Waals surface area contributed by atoms with Gasteiger partial charge in [-0.3, -0.25) is 4.79 Å². The molecule has 1 amide bonds. The number of halogens is 1. The molecule has 1 fully saturated rings. The van der Waals surface area contributed by atoms with Gasteiger partial charge in [0.25, 0.3) is 5.91 Å². The van der Waals surface area contributed by atoms with Crippen LogP contribution in [0.4, 0.5) is 5.69 Å². The second-order valence-corrected chi connectivity index (χ2v) is 9.72. The van der Waals surface area contributed by atoms with Gasteiger partial charge in [-0.05, 0) is 66.8 Å². The second kappa shape index (κ2) is 9.13. The van der Waals surface area contributed by atoms with Crippen LogP contribution >= 0.6 is 27.3 Å². The molecule has 0 aliphatic carbocycles. The summed E-state index contributed by atoms with van der Waals surface area (Å²) in [4.78, 5) is 14.8. The van der Waals surface area contributed by atoms with Gasteiger partial charge in [-0.25, -0.2) is 4.68 Å². The van der Waals surface area contributed by atoms with Crippen molar-refractivity contribution >= 4 is 38.9 Å². The van der Waals surface area contributed by atoms with Crippen LogP contribution in [0, 0.1) is 0 Å². The number of ether oxygens (including phenoxy) is 1. The Morgan fingerprint density at radius 2 is 1.88 bits per heavy atom. The van der Waals surface area contributed by atoms with E-state index in [0.717, 1.165) is 38.2 Å². The van der Waals surface area contributed by atoms with Crippen LogP contribution in [-0.4, -0.2) is 33.2 Å². The Hall–Kier alpha value is -2.94. The number of aromatic nitrogens is 2. The molecule has 2 aromatic heterocycles. The lowest BCUT2D eigenvalue weighted by molar-refractivity contribution is -0.130. The third kappa shape index (κ3) is 4.46. The average Bonchev–Trinajstić information content (AvgIpc) is 3.54. The molecule has 0 radical (unpaired) electrons. The number of hydrogen-bond acceptors (Lipinski definition) is 5. The zero-order valence-electron chi connectivity index (χ0n) is 18.0. The van der Waals surface area contributed by atoms with E-state index < -0.39 is 12.3 Å². The molecule has 3 heterocycles. The lowest BCUT2D eigenvalue weighted by Gasteiger charge is -2.23. The van der Waals surface area contributed by atoms with E-state index in [1.807, 2.05) is 82.7 Å². The first kappa shape index (κ1) is 21.9. The van der Waals surface area contributed by atoms with Gasteiger partial charge in [0.05, 0.1) is 5.69 Å². The zero-order chi connectivity index (χ0) is 22.9. The lowest BCUT2D eigenvalue weighted by atomic mass is 10.1. The second-order valence-electron chi connectivity index (χ2n) is 8.02. The van der Waals surface area contributed by atoms with Crippen molar-refractivity contribution in [1.29, 1.82) is 0 Å². The van der Waals surface area contributed by atoms with Gasteiger partial charge in [0.2, 0.25) is 0 Å². The highest BCUT2D eigenvalue weighted by Crippen LogP contribution is 2.38. The van der Waals surface area contributed by atoms with Gasteiger partial charge in [-0.15, -0.1) is 0 Å². The monoisotopic (exact) mass is 522 g/mol. The third-order valence-corrected chi connectivity index (χ3v) is 6.97. The normalized spacial score (nSPS) is 18.2. The molecule has 0 saturated carbocycles.